The van der Waals surface area contributed by atoms with Crippen molar-refractivity contribution < 1.29 is 19.5 Å². The van der Waals surface area contributed by atoms with Crippen molar-refractivity contribution >= 4 is 29.1 Å². The molecule has 0 aromatic heterocycles. The monoisotopic (exact) mass is 410 g/mol. The summed E-state index contributed by atoms with van der Waals surface area (Å²) in [4.78, 5) is 39.7. The smallest absolute Gasteiger partial charge is 0.313 e. The molecule has 0 spiro atoms. The minimum absolute atomic E-state index is 0.410. The number of carbonyl (C=O) groups excluding carboxylic acids is 3. The first-order valence-corrected chi connectivity index (χ1v) is 9.73. The fraction of sp³-hybridized carbons (Fsp3) is 0.318. The zero-order valence-corrected chi connectivity index (χ0v) is 17.1. The number of hydrogen-bond acceptors (Lipinski definition) is 5. The fourth-order valence-corrected chi connectivity index (χ4v) is 3.31. The lowest BCUT2D eigenvalue weighted by Crippen LogP contribution is -2.51. The van der Waals surface area contributed by atoms with Crippen LogP contribution < -0.4 is 16.0 Å². The first-order chi connectivity index (χ1) is 14.1. The van der Waals surface area contributed by atoms with E-state index in [4.69, 9.17) is 5.73 Å². The first kappa shape index (κ1) is 21.3. The van der Waals surface area contributed by atoms with Crippen LogP contribution in [0.15, 0.2) is 48.5 Å². The van der Waals surface area contributed by atoms with Crippen LogP contribution >= 0.6 is 0 Å². The SMILES string of the molecule is CC(C)(O)c1cccc(NC(=O)C(=O)N2CCN(c3ccc(C(N)=O)cc3)CC2)c1. The predicted molar refractivity (Wildman–Crippen MR) is 114 cm³/mol. The fourth-order valence-electron chi connectivity index (χ4n) is 3.31. The lowest BCUT2D eigenvalue weighted by molar-refractivity contribution is -0.143. The molecule has 3 amide bonds. The molecule has 4 N–H and O–H groups in total. The van der Waals surface area contributed by atoms with E-state index in [0.29, 0.717) is 43.0 Å². The molecule has 8 nitrogen and oxygen atoms in total. The molecule has 30 heavy (non-hydrogen) atoms. The third-order valence-corrected chi connectivity index (χ3v) is 5.10. The lowest BCUT2D eigenvalue weighted by Gasteiger charge is -2.35. The van der Waals surface area contributed by atoms with Crippen LogP contribution in [0.25, 0.3) is 0 Å². The largest absolute Gasteiger partial charge is 0.386 e. The molecule has 8 heteroatoms. The number of primary amides is 1. The molecular weight excluding hydrogens is 384 g/mol. The van der Waals surface area contributed by atoms with Gasteiger partial charge in [-0.2, -0.15) is 0 Å². The van der Waals surface area contributed by atoms with E-state index in [1.165, 1.54) is 4.90 Å². The van der Waals surface area contributed by atoms with Gasteiger partial charge in [0, 0.05) is 43.1 Å². The number of benzene rings is 2. The maximum absolute atomic E-state index is 12.5. The second-order valence-corrected chi connectivity index (χ2v) is 7.78. The normalized spacial score (nSPS) is 14.4. The molecule has 1 heterocycles. The van der Waals surface area contributed by atoms with Gasteiger partial charge in [-0.1, -0.05) is 12.1 Å². The van der Waals surface area contributed by atoms with E-state index in [1.807, 2.05) is 12.1 Å². The molecule has 2 aromatic rings. The Kier molecular flexibility index (Phi) is 6.07. The Hall–Kier alpha value is -3.39. The highest BCUT2D eigenvalue weighted by Crippen LogP contribution is 2.23. The number of anilines is 2. The van der Waals surface area contributed by atoms with E-state index in [-0.39, 0.29) is 0 Å². The van der Waals surface area contributed by atoms with Crippen LogP contribution in [0, 0.1) is 0 Å². The minimum atomic E-state index is -1.04. The van der Waals surface area contributed by atoms with Crippen molar-refractivity contribution in [1.29, 1.82) is 0 Å². The minimum Gasteiger partial charge on any atom is -0.386 e. The molecule has 0 radical (unpaired) electrons. The molecule has 0 bridgehead atoms. The number of rotatable bonds is 4. The number of amides is 3. The molecule has 3 rings (SSSR count). The van der Waals surface area contributed by atoms with Gasteiger partial charge in [-0.05, 0) is 55.8 Å². The summed E-state index contributed by atoms with van der Waals surface area (Å²) in [5, 5.41) is 12.7. The van der Waals surface area contributed by atoms with E-state index in [9.17, 15) is 19.5 Å². The van der Waals surface area contributed by atoms with Gasteiger partial charge in [0.2, 0.25) is 5.91 Å². The highest BCUT2D eigenvalue weighted by molar-refractivity contribution is 6.39. The number of nitrogens with zero attached hydrogens (tertiary/aromatic N) is 2. The Morgan fingerprint density at radius 3 is 2.20 bits per heavy atom. The van der Waals surface area contributed by atoms with Gasteiger partial charge < -0.3 is 26.0 Å². The molecule has 1 aliphatic rings. The molecule has 0 atom stereocenters. The third kappa shape index (κ3) is 4.96. The van der Waals surface area contributed by atoms with Gasteiger partial charge in [0.15, 0.2) is 0 Å². The van der Waals surface area contributed by atoms with E-state index < -0.39 is 23.3 Å². The molecular formula is C22H26N4O4. The zero-order chi connectivity index (χ0) is 21.9. The summed E-state index contributed by atoms with van der Waals surface area (Å²) in [5.74, 6) is -1.77. The molecule has 1 fully saturated rings. The Bertz CT molecular complexity index is 942. The van der Waals surface area contributed by atoms with Crippen molar-refractivity contribution in [3.63, 3.8) is 0 Å². The summed E-state index contributed by atoms with van der Waals surface area (Å²) in [6.07, 6.45) is 0. The number of carbonyl (C=O) groups is 3. The Morgan fingerprint density at radius 1 is 1.00 bits per heavy atom. The van der Waals surface area contributed by atoms with Crippen LogP contribution in [0.4, 0.5) is 11.4 Å². The summed E-state index contributed by atoms with van der Waals surface area (Å²) in [5.41, 5.74) is 6.69. The van der Waals surface area contributed by atoms with Crippen LogP contribution in [0.1, 0.15) is 29.8 Å². The van der Waals surface area contributed by atoms with Gasteiger partial charge in [0.25, 0.3) is 0 Å². The molecule has 2 aromatic carbocycles. The molecule has 158 valence electrons. The van der Waals surface area contributed by atoms with Crippen LogP contribution in [0.3, 0.4) is 0 Å². The Balaban J connectivity index is 1.57. The van der Waals surface area contributed by atoms with Gasteiger partial charge in [0.05, 0.1) is 5.60 Å². The van der Waals surface area contributed by atoms with Crippen molar-refractivity contribution in [2.24, 2.45) is 5.73 Å². The average molecular weight is 410 g/mol. The first-order valence-electron chi connectivity index (χ1n) is 9.73. The average Bonchev–Trinajstić information content (AvgIpc) is 2.73. The summed E-state index contributed by atoms with van der Waals surface area (Å²) in [7, 11) is 0. The predicted octanol–water partition coefficient (Wildman–Crippen LogP) is 1.30. The second-order valence-electron chi connectivity index (χ2n) is 7.78. The van der Waals surface area contributed by atoms with Crippen molar-refractivity contribution in [3.05, 3.63) is 59.7 Å². The van der Waals surface area contributed by atoms with E-state index >= 15 is 0 Å². The molecule has 1 saturated heterocycles. The number of hydrogen-bond donors (Lipinski definition) is 3. The highest BCUT2D eigenvalue weighted by atomic mass is 16.3. The number of aliphatic hydroxyl groups is 1. The number of piperazine rings is 1. The summed E-state index contributed by atoms with van der Waals surface area (Å²) < 4.78 is 0. The van der Waals surface area contributed by atoms with Gasteiger partial charge >= 0.3 is 11.8 Å². The van der Waals surface area contributed by atoms with Crippen molar-refractivity contribution in [2.75, 3.05) is 36.4 Å². The molecule has 0 saturated carbocycles. The maximum Gasteiger partial charge on any atom is 0.313 e. The van der Waals surface area contributed by atoms with Crippen LogP contribution in [-0.4, -0.2) is 53.9 Å². The molecule has 0 aliphatic carbocycles. The quantitative estimate of drug-likeness (QED) is 0.657. The highest BCUT2D eigenvalue weighted by Gasteiger charge is 2.26. The number of nitrogens with one attached hydrogen (secondary N) is 1. The van der Waals surface area contributed by atoms with Crippen LogP contribution in [0.2, 0.25) is 0 Å². The molecule has 0 unspecified atom stereocenters. The zero-order valence-electron chi connectivity index (χ0n) is 17.1. The van der Waals surface area contributed by atoms with Gasteiger partial charge in [-0.25, -0.2) is 0 Å². The van der Waals surface area contributed by atoms with E-state index in [0.717, 1.165) is 5.69 Å². The van der Waals surface area contributed by atoms with Crippen molar-refractivity contribution in [1.82, 2.24) is 4.90 Å². The Morgan fingerprint density at radius 2 is 1.63 bits per heavy atom. The summed E-state index contributed by atoms with van der Waals surface area (Å²) in [6, 6.07) is 13.8. The van der Waals surface area contributed by atoms with Crippen molar-refractivity contribution in [3.8, 4) is 0 Å². The van der Waals surface area contributed by atoms with Gasteiger partial charge in [-0.3, -0.25) is 14.4 Å². The standard InChI is InChI=1S/C22H26N4O4/c1-22(2,30)16-4-3-5-17(14-16)24-20(28)21(29)26-12-10-25(11-13-26)18-8-6-15(7-9-18)19(23)27/h3-9,14,30H,10-13H2,1-2H3,(H2,23,27)(H,24,28). The van der Waals surface area contributed by atoms with Gasteiger partial charge in [0.1, 0.15) is 0 Å². The van der Waals surface area contributed by atoms with E-state index in [1.54, 1.807) is 50.2 Å². The van der Waals surface area contributed by atoms with Crippen molar-refractivity contribution in [2.45, 2.75) is 19.4 Å². The Labute approximate surface area is 175 Å². The third-order valence-electron chi connectivity index (χ3n) is 5.10. The molecule has 1 aliphatic heterocycles. The summed E-state index contributed by atoms with van der Waals surface area (Å²) in [6.45, 7) is 5.27. The topological polar surface area (TPSA) is 116 Å². The maximum atomic E-state index is 12.5. The number of nitrogens with two attached hydrogens (primary N) is 1. The second kappa shape index (κ2) is 8.54. The van der Waals surface area contributed by atoms with Gasteiger partial charge in [-0.15, -0.1) is 0 Å². The van der Waals surface area contributed by atoms with Crippen LogP contribution in [0.5, 0.6) is 0 Å². The van der Waals surface area contributed by atoms with E-state index in [2.05, 4.69) is 10.2 Å². The lowest BCUT2D eigenvalue weighted by atomic mass is 9.98. The van der Waals surface area contributed by atoms with Crippen LogP contribution in [-0.2, 0) is 15.2 Å². The summed E-state index contributed by atoms with van der Waals surface area (Å²) >= 11 is 0.